The van der Waals surface area contributed by atoms with E-state index in [9.17, 15) is 8.42 Å². The van der Waals surface area contributed by atoms with Gasteiger partial charge < -0.3 is 0 Å². The van der Waals surface area contributed by atoms with Crippen LogP contribution in [0.3, 0.4) is 0 Å². The topological polar surface area (TPSA) is 95.7 Å². The lowest BCUT2D eigenvalue weighted by Crippen LogP contribution is -2.15. The van der Waals surface area contributed by atoms with Crippen LogP contribution in [-0.2, 0) is 10.0 Å². The van der Waals surface area contributed by atoms with Crippen molar-refractivity contribution in [3.8, 4) is 6.07 Å². The zero-order valence-corrected chi connectivity index (χ0v) is 12.0. The molecule has 0 radical (unpaired) electrons. The maximum Gasteiger partial charge on any atom is 0.264 e. The minimum absolute atomic E-state index is 0.0171. The summed E-state index contributed by atoms with van der Waals surface area (Å²) in [6.45, 7) is 0. The number of benzene rings is 1. The van der Waals surface area contributed by atoms with E-state index >= 15 is 0 Å². The standard InChI is InChI=1S/C11H6Cl2N4O2S/c12-8-2-1-7(6-14)5-9(8)20(18,19)17-11-10(13)15-3-4-16-11/h1-5H,(H,16,17). The van der Waals surface area contributed by atoms with Crippen LogP contribution in [0.25, 0.3) is 0 Å². The fourth-order valence-corrected chi connectivity index (χ4v) is 3.10. The number of aromatic nitrogens is 2. The molecule has 2 rings (SSSR count). The highest BCUT2D eigenvalue weighted by molar-refractivity contribution is 7.92. The molecule has 0 bridgehead atoms. The third-order valence-corrected chi connectivity index (χ3v) is 4.33. The molecular weight excluding hydrogens is 323 g/mol. The quantitative estimate of drug-likeness (QED) is 0.933. The van der Waals surface area contributed by atoms with Gasteiger partial charge in [0.1, 0.15) is 4.90 Å². The Morgan fingerprint density at radius 2 is 1.90 bits per heavy atom. The molecule has 0 aliphatic carbocycles. The van der Waals surface area contributed by atoms with Crippen LogP contribution in [0.2, 0.25) is 10.2 Å². The van der Waals surface area contributed by atoms with Gasteiger partial charge in [-0.05, 0) is 18.2 Å². The van der Waals surface area contributed by atoms with Gasteiger partial charge >= 0.3 is 0 Å². The van der Waals surface area contributed by atoms with E-state index in [-0.39, 0.29) is 26.5 Å². The second-order valence-electron chi connectivity index (χ2n) is 3.56. The van der Waals surface area contributed by atoms with Crippen molar-refractivity contribution in [3.05, 3.63) is 46.3 Å². The van der Waals surface area contributed by atoms with Crippen molar-refractivity contribution in [2.45, 2.75) is 4.90 Å². The first kappa shape index (κ1) is 14.5. The lowest BCUT2D eigenvalue weighted by molar-refractivity contribution is 0.601. The molecule has 20 heavy (non-hydrogen) atoms. The molecular formula is C11H6Cl2N4O2S. The van der Waals surface area contributed by atoms with E-state index in [0.29, 0.717) is 0 Å². The molecule has 0 unspecified atom stereocenters. The molecule has 0 spiro atoms. The van der Waals surface area contributed by atoms with Gasteiger partial charge in [0.2, 0.25) is 0 Å². The highest BCUT2D eigenvalue weighted by atomic mass is 35.5. The minimum atomic E-state index is -4.02. The molecule has 9 heteroatoms. The van der Waals surface area contributed by atoms with E-state index in [2.05, 4.69) is 14.7 Å². The van der Waals surface area contributed by atoms with Gasteiger partial charge in [-0.1, -0.05) is 23.2 Å². The van der Waals surface area contributed by atoms with Crippen LogP contribution in [0.4, 0.5) is 5.82 Å². The van der Waals surface area contributed by atoms with Gasteiger partial charge in [-0.2, -0.15) is 5.26 Å². The summed E-state index contributed by atoms with van der Waals surface area (Å²) in [6, 6.07) is 5.74. The summed E-state index contributed by atoms with van der Waals surface area (Å²) in [5, 5.41) is 8.69. The van der Waals surface area contributed by atoms with Gasteiger partial charge in [0.25, 0.3) is 10.0 Å². The largest absolute Gasteiger partial charge is 0.264 e. The normalized spacial score (nSPS) is 10.8. The maximum atomic E-state index is 12.2. The summed E-state index contributed by atoms with van der Waals surface area (Å²) in [6.07, 6.45) is 2.61. The lowest BCUT2D eigenvalue weighted by atomic mass is 10.2. The summed E-state index contributed by atoms with van der Waals surface area (Å²) in [5.41, 5.74) is 0.167. The SMILES string of the molecule is N#Cc1ccc(Cl)c(S(=O)(=O)Nc2nccnc2Cl)c1. The molecule has 0 saturated heterocycles. The smallest absolute Gasteiger partial charge is 0.261 e. The zero-order valence-electron chi connectivity index (χ0n) is 9.71. The average molecular weight is 329 g/mol. The molecule has 102 valence electrons. The van der Waals surface area contributed by atoms with E-state index < -0.39 is 10.0 Å². The first-order valence-corrected chi connectivity index (χ1v) is 7.37. The number of nitrogens with zero attached hydrogens (tertiary/aromatic N) is 3. The number of anilines is 1. The van der Waals surface area contributed by atoms with Crippen molar-refractivity contribution in [3.63, 3.8) is 0 Å². The summed E-state index contributed by atoms with van der Waals surface area (Å²) in [4.78, 5) is 7.24. The molecule has 0 atom stereocenters. The van der Waals surface area contributed by atoms with Crippen molar-refractivity contribution >= 4 is 39.0 Å². The zero-order chi connectivity index (χ0) is 14.8. The fraction of sp³-hybridized carbons (Fsp3) is 0. The number of rotatable bonds is 3. The van der Waals surface area contributed by atoms with Gasteiger partial charge in [0.15, 0.2) is 11.0 Å². The molecule has 1 aromatic carbocycles. The molecule has 0 aliphatic rings. The number of sulfonamides is 1. The fourth-order valence-electron chi connectivity index (χ4n) is 1.35. The molecule has 1 heterocycles. The second-order valence-corrected chi connectivity index (χ2v) is 5.97. The van der Waals surface area contributed by atoms with Crippen LogP contribution >= 0.6 is 23.2 Å². The van der Waals surface area contributed by atoms with Gasteiger partial charge in [-0.25, -0.2) is 18.4 Å². The molecule has 1 N–H and O–H groups in total. The summed E-state index contributed by atoms with van der Waals surface area (Å²) in [5.74, 6) is -0.118. The molecule has 0 amide bonds. The van der Waals surface area contributed by atoms with Gasteiger partial charge in [0, 0.05) is 12.4 Å². The number of hydrogen-bond acceptors (Lipinski definition) is 5. The highest BCUT2D eigenvalue weighted by Crippen LogP contribution is 2.25. The Bertz CT molecular complexity index is 802. The number of nitriles is 1. The van der Waals surface area contributed by atoms with Crippen LogP contribution in [-0.4, -0.2) is 18.4 Å². The molecule has 6 nitrogen and oxygen atoms in total. The summed E-state index contributed by atoms with van der Waals surface area (Å²) >= 11 is 11.6. The second kappa shape index (κ2) is 5.63. The Balaban J connectivity index is 2.47. The predicted molar refractivity (Wildman–Crippen MR) is 74.0 cm³/mol. The minimum Gasteiger partial charge on any atom is -0.261 e. The van der Waals surface area contributed by atoms with Gasteiger partial charge in [-0.3, -0.25) is 4.72 Å². The molecule has 1 aromatic heterocycles. The highest BCUT2D eigenvalue weighted by Gasteiger charge is 2.20. The Labute approximate surface area is 125 Å². The summed E-state index contributed by atoms with van der Waals surface area (Å²) < 4.78 is 26.6. The Morgan fingerprint density at radius 3 is 2.55 bits per heavy atom. The van der Waals surface area contributed by atoms with Crippen molar-refractivity contribution < 1.29 is 8.42 Å². The van der Waals surface area contributed by atoms with Crippen molar-refractivity contribution in [1.29, 1.82) is 5.26 Å². The van der Waals surface area contributed by atoms with Crippen molar-refractivity contribution in [2.75, 3.05) is 4.72 Å². The van der Waals surface area contributed by atoms with Crippen LogP contribution in [0.5, 0.6) is 0 Å². The van der Waals surface area contributed by atoms with E-state index in [1.807, 2.05) is 6.07 Å². The van der Waals surface area contributed by atoms with Gasteiger partial charge in [0.05, 0.1) is 16.7 Å². The van der Waals surface area contributed by atoms with Crippen LogP contribution in [0, 0.1) is 11.3 Å². The van der Waals surface area contributed by atoms with E-state index in [1.54, 1.807) is 0 Å². The van der Waals surface area contributed by atoms with Crippen LogP contribution in [0.1, 0.15) is 5.56 Å². The third kappa shape index (κ3) is 2.99. The third-order valence-electron chi connectivity index (χ3n) is 2.23. The number of hydrogen-bond donors (Lipinski definition) is 1. The first-order valence-electron chi connectivity index (χ1n) is 5.13. The molecule has 0 saturated carbocycles. The molecule has 0 aliphatic heterocycles. The van der Waals surface area contributed by atoms with Crippen LogP contribution in [0.15, 0.2) is 35.5 Å². The van der Waals surface area contributed by atoms with E-state index in [1.165, 1.54) is 24.5 Å². The van der Waals surface area contributed by atoms with E-state index in [4.69, 9.17) is 28.5 Å². The first-order chi connectivity index (χ1) is 9.44. The number of nitrogens with one attached hydrogen (secondary N) is 1. The Kier molecular flexibility index (Phi) is 4.09. The Morgan fingerprint density at radius 1 is 1.20 bits per heavy atom. The van der Waals surface area contributed by atoms with Crippen LogP contribution < -0.4 is 4.72 Å². The molecule has 2 aromatic rings. The van der Waals surface area contributed by atoms with Crippen molar-refractivity contribution in [1.82, 2.24) is 9.97 Å². The lowest BCUT2D eigenvalue weighted by Gasteiger charge is -2.09. The average Bonchev–Trinajstić information content (AvgIpc) is 2.41. The summed E-state index contributed by atoms with van der Waals surface area (Å²) in [7, 11) is -4.02. The number of halogens is 2. The van der Waals surface area contributed by atoms with Gasteiger partial charge in [-0.15, -0.1) is 0 Å². The Hall–Kier alpha value is -1.88. The maximum absolute atomic E-state index is 12.2. The predicted octanol–water partition coefficient (Wildman–Crippen LogP) is 2.46. The monoisotopic (exact) mass is 328 g/mol. The molecule has 0 fully saturated rings. The van der Waals surface area contributed by atoms with Crippen molar-refractivity contribution in [2.24, 2.45) is 0 Å². The van der Waals surface area contributed by atoms with E-state index in [0.717, 1.165) is 6.07 Å².